The SMILES string of the molecule is CCC/C=C/C(=O)OC(Cc1ccc(O)c(O)c1)C(=O)O. The van der Waals surface area contributed by atoms with Crippen molar-refractivity contribution in [2.24, 2.45) is 0 Å². The summed E-state index contributed by atoms with van der Waals surface area (Å²) in [6.45, 7) is 1.95. The molecule has 0 aliphatic heterocycles. The Morgan fingerprint density at radius 3 is 2.57 bits per heavy atom. The van der Waals surface area contributed by atoms with Crippen LogP contribution in [0.4, 0.5) is 0 Å². The second kappa shape index (κ2) is 7.94. The van der Waals surface area contributed by atoms with Crippen LogP contribution in [0.25, 0.3) is 0 Å². The van der Waals surface area contributed by atoms with Crippen molar-refractivity contribution in [1.29, 1.82) is 0 Å². The fraction of sp³-hybridized carbons (Fsp3) is 0.333. The van der Waals surface area contributed by atoms with Crippen LogP contribution in [0.5, 0.6) is 11.5 Å². The van der Waals surface area contributed by atoms with Gasteiger partial charge in [-0.15, -0.1) is 0 Å². The molecule has 0 aromatic heterocycles. The highest BCUT2D eigenvalue weighted by Gasteiger charge is 2.22. The van der Waals surface area contributed by atoms with E-state index in [4.69, 9.17) is 9.84 Å². The third kappa shape index (κ3) is 5.56. The molecule has 6 nitrogen and oxygen atoms in total. The van der Waals surface area contributed by atoms with E-state index in [9.17, 15) is 19.8 Å². The minimum absolute atomic E-state index is 0.101. The van der Waals surface area contributed by atoms with Crippen molar-refractivity contribution < 1.29 is 29.6 Å². The standard InChI is InChI=1S/C15H18O6/c1-2-3-4-5-14(18)21-13(15(19)20)9-10-6-7-11(16)12(17)8-10/h4-8,13,16-17H,2-3,9H2,1H3,(H,19,20)/b5-4+. The number of aromatic hydroxyl groups is 2. The average Bonchev–Trinajstić information content (AvgIpc) is 2.42. The molecule has 1 aromatic rings. The number of aliphatic carboxylic acids is 1. The molecular formula is C15H18O6. The zero-order valence-corrected chi connectivity index (χ0v) is 11.7. The molecule has 21 heavy (non-hydrogen) atoms. The highest BCUT2D eigenvalue weighted by atomic mass is 16.6. The third-order valence-corrected chi connectivity index (χ3v) is 2.70. The maximum Gasteiger partial charge on any atom is 0.345 e. The van der Waals surface area contributed by atoms with Gasteiger partial charge in [0.05, 0.1) is 0 Å². The van der Waals surface area contributed by atoms with E-state index in [2.05, 4.69) is 0 Å². The van der Waals surface area contributed by atoms with Crippen LogP contribution < -0.4 is 0 Å². The van der Waals surface area contributed by atoms with Crippen LogP contribution in [0.1, 0.15) is 25.3 Å². The number of phenols is 2. The van der Waals surface area contributed by atoms with Crippen molar-refractivity contribution >= 4 is 11.9 Å². The Hall–Kier alpha value is -2.50. The molecule has 1 aromatic carbocycles. The van der Waals surface area contributed by atoms with Crippen LogP contribution >= 0.6 is 0 Å². The minimum atomic E-state index is -1.35. The monoisotopic (exact) mass is 294 g/mol. The molecule has 0 amide bonds. The number of benzene rings is 1. The van der Waals surface area contributed by atoms with Crippen LogP contribution in [0.2, 0.25) is 0 Å². The van der Waals surface area contributed by atoms with E-state index in [-0.39, 0.29) is 17.9 Å². The number of allylic oxidation sites excluding steroid dienone is 1. The number of phenolic OH excluding ortho intramolecular Hbond substituents is 2. The van der Waals surface area contributed by atoms with Crippen molar-refractivity contribution in [3.8, 4) is 11.5 Å². The van der Waals surface area contributed by atoms with Crippen molar-refractivity contribution in [2.45, 2.75) is 32.3 Å². The molecule has 1 unspecified atom stereocenters. The molecule has 0 fully saturated rings. The lowest BCUT2D eigenvalue weighted by Crippen LogP contribution is -2.28. The Labute approximate surface area is 122 Å². The molecule has 0 heterocycles. The van der Waals surface area contributed by atoms with Crippen molar-refractivity contribution in [3.63, 3.8) is 0 Å². The summed E-state index contributed by atoms with van der Waals surface area (Å²) in [7, 11) is 0. The molecule has 0 saturated carbocycles. The predicted molar refractivity (Wildman–Crippen MR) is 75.0 cm³/mol. The van der Waals surface area contributed by atoms with Gasteiger partial charge in [0.15, 0.2) is 11.5 Å². The molecule has 3 N–H and O–H groups in total. The highest BCUT2D eigenvalue weighted by Crippen LogP contribution is 2.25. The number of carbonyl (C=O) groups excluding carboxylic acids is 1. The molecule has 114 valence electrons. The van der Waals surface area contributed by atoms with Gasteiger partial charge in [-0.3, -0.25) is 0 Å². The normalized spacial score (nSPS) is 12.2. The van der Waals surface area contributed by atoms with Gasteiger partial charge in [0, 0.05) is 12.5 Å². The van der Waals surface area contributed by atoms with E-state index < -0.39 is 18.0 Å². The van der Waals surface area contributed by atoms with E-state index in [0.717, 1.165) is 6.42 Å². The number of esters is 1. The van der Waals surface area contributed by atoms with Crippen LogP contribution in [-0.2, 0) is 20.7 Å². The van der Waals surface area contributed by atoms with Gasteiger partial charge in [0.1, 0.15) is 0 Å². The lowest BCUT2D eigenvalue weighted by Gasteiger charge is -2.13. The van der Waals surface area contributed by atoms with Gasteiger partial charge in [-0.25, -0.2) is 9.59 Å². The summed E-state index contributed by atoms with van der Waals surface area (Å²) in [5, 5.41) is 27.6. The number of carboxylic acid groups (broad SMARTS) is 1. The molecule has 6 heteroatoms. The third-order valence-electron chi connectivity index (χ3n) is 2.70. The van der Waals surface area contributed by atoms with E-state index in [1.165, 1.54) is 24.3 Å². The Morgan fingerprint density at radius 2 is 2.00 bits per heavy atom. The minimum Gasteiger partial charge on any atom is -0.504 e. The summed E-state index contributed by atoms with van der Waals surface area (Å²) in [6, 6.07) is 3.92. The summed E-state index contributed by atoms with van der Waals surface area (Å²) in [6.07, 6.45) is 2.95. The fourth-order valence-electron chi connectivity index (χ4n) is 1.62. The first-order valence-electron chi connectivity index (χ1n) is 6.54. The molecular weight excluding hydrogens is 276 g/mol. The van der Waals surface area contributed by atoms with Crippen molar-refractivity contribution in [1.82, 2.24) is 0 Å². The van der Waals surface area contributed by atoms with Crippen LogP contribution in [-0.4, -0.2) is 33.4 Å². The summed E-state index contributed by atoms with van der Waals surface area (Å²) in [4.78, 5) is 22.6. The topological polar surface area (TPSA) is 104 Å². The number of hydrogen-bond donors (Lipinski definition) is 3. The zero-order valence-electron chi connectivity index (χ0n) is 11.7. The van der Waals surface area contributed by atoms with Gasteiger partial charge in [-0.05, 0) is 24.1 Å². The van der Waals surface area contributed by atoms with Gasteiger partial charge in [-0.2, -0.15) is 0 Å². The first-order chi connectivity index (χ1) is 9.93. The molecule has 1 rings (SSSR count). The van der Waals surface area contributed by atoms with Crippen molar-refractivity contribution in [2.75, 3.05) is 0 Å². The number of hydrogen-bond acceptors (Lipinski definition) is 5. The first kappa shape index (κ1) is 16.6. The second-order valence-corrected chi connectivity index (χ2v) is 4.48. The number of ether oxygens (including phenoxy) is 1. The molecule has 0 bridgehead atoms. The van der Waals surface area contributed by atoms with Gasteiger partial charge >= 0.3 is 11.9 Å². The van der Waals surface area contributed by atoms with E-state index >= 15 is 0 Å². The number of carbonyl (C=O) groups is 2. The molecule has 0 spiro atoms. The quantitative estimate of drug-likeness (QED) is 0.403. The number of unbranched alkanes of at least 4 members (excludes halogenated alkanes) is 1. The largest absolute Gasteiger partial charge is 0.504 e. The summed E-state index contributed by atoms with van der Waals surface area (Å²) < 4.78 is 4.86. The Morgan fingerprint density at radius 1 is 1.29 bits per heavy atom. The molecule has 1 atom stereocenters. The van der Waals surface area contributed by atoms with Crippen LogP contribution in [0.15, 0.2) is 30.4 Å². The predicted octanol–water partition coefficient (Wildman–Crippen LogP) is 1.99. The smallest absolute Gasteiger partial charge is 0.345 e. The Balaban J connectivity index is 2.71. The van der Waals surface area contributed by atoms with E-state index in [0.29, 0.717) is 12.0 Å². The summed E-state index contributed by atoms with van der Waals surface area (Å²) in [5.74, 6) is -2.66. The van der Waals surface area contributed by atoms with Gasteiger partial charge in [-0.1, -0.05) is 25.5 Å². The maximum absolute atomic E-state index is 11.5. The Kier molecular flexibility index (Phi) is 6.26. The second-order valence-electron chi connectivity index (χ2n) is 4.48. The molecule has 0 aliphatic carbocycles. The molecule has 0 saturated heterocycles. The number of carboxylic acids is 1. The number of rotatable bonds is 7. The Bertz CT molecular complexity index is 535. The molecule has 0 radical (unpaired) electrons. The van der Waals surface area contributed by atoms with E-state index in [1.54, 1.807) is 6.08 Å². The van der Waals surface area contributed by atoms with Gasteiger partial charge in [0.25, 0.3) is 0 Å². The first-order valence-corrected chi connectivity index (χ1v) is 6.54. The average molecular weight is 294 g/mol. The lowest BCUT2D eigenvalue weighted by atomic mass is 10.1. The van der Waals surface area contributed by atoms with Crippen LogP contribution in [0, 0.1) is 0 Å². The van der Waals surface area contributed by atoms with Gasteiger partial charge in [0.2, 0.25) is 6.10 Å². The van der Waals surface area contributed by atoms with E-state index in [1.807, 2.05) is 6.92 Å². The highest BCUT2D eigenvalue weighted by molar-refractivity contribution is 5.85. The lowest BCUT2D eigenvalue weighted by molar-refractivity contribution is -0.160. The summed E-state index contributed by atoms with van der Waals surface area (Å²) >= 11 is 0. The summed E-state index contributed by atoms with van der Waals surface area (Å²) in [5.41, 5.74) is 0.433. The zero-order chi connectivity index (χ0) is 15.8. The molecule has 0 aliphatic rings. The van der Waals surface area contributed by atoms with Gasteiger partial charge < -0.3 is 20.1 Å². The maximum atomic E-state index is 11.5. The van der Waals surface area contributed by atoms with Crippen LogP contribution in [0.3, 0.4) is 0 Å². The van der Waals surface area contributed by atoms with Crippen molar-refractivity contribution in [3.05, 3.63) is 35.9 Å². The fourth-order valence-corrected chi connectivity index (χ4v) is 1.62.